The summed E-state index contributed by atoms with van der Waals surface area (Å²) in [5.41, 5.74) is -0.333. The molecule has 3 nitrogen and oxygen atoms in total. The van der Waals surface area contributed by atoms with Gasteiger partial charge in [-0.25, -0.2) is 0 Å². The predicted molar refractivity (Wildman–Crippen MR) is 79.7 cm³/mol. The first-order chi connectivity index (χ1) is 8.95. The lowest BCUT2D eigenvalue weighted by atomic mass is 9.94. The zero-order valence-corrected chi connectivity index (χ0v) is 12.3. The van der Waals surface area contributed by atoms with Crippen LogP contribution in [0.2, 0.25) is 0 Å². The van der Waals surface area contributed by atoms with Gasteiger partial charge in [-0.15, -0.1) is 0 Å². The monoisotopic (exact) mass is 316 g/mol. The van der Waals surface area contributed by atoms with E-state index >= 15 is 0 Å². The smallest absolute Gasteiger partial charge is 0.244 e. The van der Waals surface area contributed by atoms with Crippen molar-refractivity contribution in [2.45, 2.75) is 13.8 Å². The summed E-state index contributed by atoms with van der Waals surface area (Å²) < 4.78 is 0.973. The number of rotatable bonds is 2. The largest absolute Gasteiger partial charge is 0.324 e. The van der Waals surface area contributed by atoms with E-state index in [1.54, 1.807) is 13.8 Å². The number of amides is 1. The van der Waals surface area contributed by atoms with Gasteiger partial charge in [-0.1, -0.05) is 40.2 Å². The summed E-state index contributed by atoms with van der Waals surface area (Å²) in [5.74, 6) is -0.303. The molecule has 2 rings (SSSR count). The molecule has 0 aliphatic carbocycles. The third kappa shape index (κ3) is 2.61. The van der Waals surface area contributed by atoms with Gasteiger partial charge in [0.25, 0.3) is 0 Å². The number of carbonyl (C=O) groups excluding carboxylic acids is 1. The summed E-state index contributed by atoms with van der Waals surface area (Å²) in [4.78, 5) is 12.0. The number of nitriles is 1. The van der Waals surface area contributed by atoms with E-state index in [1.165, 1.54) is 0 Å². The molecule has 19 heavy (non-hydrogen) atoms. The van der Waals surface area contributed by atoms with Crippen LogP contribution in [0, 0.1) is 16.7 Å². The van der Waals surface area contributed by atoms with Crippen LogP contribution >= 0.6 is 15.9 Å². The van der Waals surface area contributed by atoms with Crippen LogP contribution in [-0.2, 0) is 4.79 Å². The van der Waals surface area contributed by atoms with E-state index in [2.05, 4.69) is 21.2 Å². The van der Waals surface area contributed by atoms with Gasteiger partial charge in [-0.2, -0.15) is 5.26 Å². The Balaban J connectivity index is 2.46. The maximum Gasteiger partial charge on any atom is 0.244 e. The lowest BCUT2D eigenvalue weighted by Crippen LogP contribution is -2.29. The number of nitrogens with one attached hydrogen (secondary N) is 1. The lowest BCUT2D eigenvalue weighted by Gasteiger charge is -2.16. The lowest BCUT2D eigenvalue weighted by molar-refractivity contribution is -0.121. The fraction of sp³-hybridized carbons (Fsp3) is 0.200. The molecule has 4 heteroatoms. The molecule has 0 aromatic heterocycles. The van der Waals surface area contributed by atoms with E-state index in [1.807, 2.05) is 42.5 Å². The van der Waals surface area contributed by atoms with Gasteiger partial charge in [0.1, 0.15) is 5.41 Å². The molecule has 0 unspecified atom stereocenters. The van der Waals surface area contributed by atoms with Gasteiger partial charge < -0.3 is 5.32 Å². The molecule has 0 aliphatic heterocycles. The van der Waals surface area contributed by atoms with Crippen molar-refractivity contribution in [1.29, 1.82) is 5.26 Å². The Hall–Kier alpha value is -1.86. The molecule has 0 atom stereocenters. The second-order valence-electron chi connectivity index (χ2n) is 4.83. The van der Waals surface area contributed by atoms with E-state index in [0.717, 1.165) is 15.2 Å². The molecule has 0 saturated carbocycles. The van der Waals surface area contributed by atoms with Crippen LogP contribution in [-0.4, -0.2) is 5.91 Å². The number of nitrogens with zero attached hydrogens (tertiary/aromatic N) is 1. The standard InChI is InChI=1S/C15H13BrN2O/c1-15(2,9-17)14(19)18-13-8-7-12(16)10-5-3-4-6-11(10)13/h3-8H,1-2H3,(H,18,19). The van der Waals surface area contributed by atoms with Crippen molar-refractivity contribution in [3.05, 3.63) is 40.9 Å². The van der Waals surface area contributed by atoms with Gasteiger partial charge in [-0.05, 0) is 31.4 Å². The number of hydrogen-bond donors (Lipinski definition) is 1. The zero-order chi connectivity index (χ0) is 14.0. The Bertz CT molecular complexity index is 686. The maximum absolute atomic E-state index is 12.0. The van der Waals surface area contributed by atoms with E-state index in [0.29, 0.717) is 5.69 Å². The minimum atomic E-state index is -1.05. The molecule has 1 N–H and O–H groups in total. The minimum Gasteiger partial charge on any atom is -0.324 e. The molecule has 0 aliphatic rings. The average molecular weight is 317 g/mol. The molecule has 2 aromatic carbocycles. The topological polar surface area (TPSA) is 52.9 Å². The zero-order valence-electron chi connectivity index (χ0n) is 10.7. The van der Waals surface area contributed by atoms with Gasteiger partial charge in [0.2, 0.25) is 5.91 Å². The third-order valence-electron chi connectivity index (χ3n) is 2.97. The molecule has 1 amide bonds. The number of halogens is 1. The first kappa shape index (κ1) is 13.6. The molecule has 0 heterocycles. The normalized spacial score (nSPS) is 11.1. The van der Waals surface area contributed by atoms with Gasteiger partial charge in [0.15, 0.2) is 0 Å². The highest BCUT2D eigenvalue weighted by atomic mass is 79.9. The summed E-state index contributed by atoms with van der Waals surface area (Å²) in [6.45, 7) is 3.20. The number of carbonyl (C=O) groups is 1. The quantitative estimate of drug-likeness (QED) is 0.907. The van der Waals surface area contributed by atoms with Crippen molar-refractivity contribution in [3.8, 4) is 6.07 Å². The molecular formula is C15H13BrN2O. The number of anilines is 1. The van der Waals surface area contributed by atoms with Crippen LogP contribution < -0.4 is 5.32 Å². The molecule has 0 radical (unpaired) electrons. The van der Waals surface area contributed by atoms with Gasteiger partial charge in [0, 0.05) is 15.5 Å². The van der Waals surface area contributed by atoms with E-state index < -0.39 is 5.41 Å². The average Bonchev–Trinajstić information content (AvgIpc) is 2.42. The van der Waals surface area contributed by atoms with Crippen LogP contribution in [0.25, 0.3) is 10.8 Å². The van der Waals surface area contributed by atoms with Gasteiger partial charge in [0.05, 0.1) is 6.07 Å². The highest BCUT2D eigenvalue weighted by Gasteiger charge is 2.27. The maximum atomic E-state index is 12.0. The second kappa shape index (κ2) is 5.02. The Labute approximate surface area is 120 Å². The molecule has 0 spiro atoms. The van der Waals surface area contributed by atoms with Crippen LogP contribution in [0.5, 0.6) is 0 Å². The summed E-state index contributed by atoms with van der Waals surface area (Å²) in [5, 5.41) is 13.8. The Kier molecular flexibility index (Phi) is 3.59. The van der Waals surface area contributed by atoms with Crippen LogP contribution in [0.3, 0.4) is 0 Å². The van der Waals surface area contributed by atoms with Crippen molar-refractivity contribution in [3.63, 3.8) is 0 Å². The number of hydrogen-bond acceptors (Lipinski definition) is 2. The summed E-state index contributed by atoms with van der Waals surface area (Å²) in [7, 11) is 0. The minimum absolute atomic E-state index is 0.303. The summed E-state index contributed by atoms with van der Waals surface area (Å²) in [6, 6.07) is 13.5. The van der Waals surface area contributed by atoms with E-state index in [9.17, 15) is 4.79 Å². The predicted octanol–water partition coefficient (Wildman–Crippen LogP) is 4.09. The molecule has 0 bridgehead atoms. The Morgan fingerprint density at radius 2 is 1.84 bits per heavy atom. The molecule has 2 aromatic rings. The molecule has 96 valence electrons. The van der Waals surface area contributed by atoms with Crippen LogP contribution in [0.15, 0.2) is 40.9 Å². The van der Waals surface area contributed by atoms with Crippen LogP contribution in [0.4, 0.5) is 5.69 Å². The second-order valence-corrected chi connectivity index (χ2v) is 5.69. The fourth-order valence-electron chi connectivity index (χ4n) is 1.70. The molecule has 0 fully saturated rings. The Morgan fingerprint density at radius 3 is 2.47 bits per heavy atom. The fourth-order valence-corrected chi connectivity index (χ4v) is 2.18. The van der Waals surface area contributed by atoms with Crippen molar-refractivity contribution in [1.82, 2.24) is 0 Å². The highest BCUT2D eigenvalue weighted by Crippen LogP contribution is 2.30. The first-order valence-corrected chi connectivity index (χ1v) is 6.65. The van der Waals surface area contributed by atoms with E-state index in [-0.39, 0.29) is 5.91 Å². The van der Waals surface area contributed by atoms with Crippen molar-refractivity contribution < 1.29 is 4.79 Å². The van der Waals surface area contributed by atoms with Gasteiger partial charge in [-0.3, -0.25) is 4.79 Å². The first-order valence-electron chi connectivity index (χ1n) is 5.85. The van der Waals surface area contributed by atoms with Crippen molar-refractivity contribution >= 4 is 38.3 Å². The van der Waals surface area contributed by atoms with Crippen molar-refractivity contribution in [2.75, 3.05) is 5.32 Å². The van der Waals surface area contributed by atoms with Crippen LogP contribution in [0.1, 0.15) is 13.8 Å². The Morgan fingerprint density at radius 1 is 1.21 bits per heavy atom. The third-order valence-corrected chi connectivity index (χ3v) is 3.66. The van der Waals surface area contributed by atoms with Crippen molar-refractivity contribution in [2.24, 2.45) is 5.41 Å². The highest BCUT2D eigenvalue weighted by molar-refractivity contribution is 9.10. The summed E-state index contributed by atoms with van der Waals surface area (Å²) in [6.07, 6.45) is 0. The number of fused-ring (bicyclic) bond motifs is 1. The molecular weight excluding hydrogens is 304 g/mol. The molecule has 0 saturated heterocycles. The summed E-state index contributed by atoms with van der Waals surface area (Å²) >= 11 is 3.49. The van der Waals surface area contributed by atoms with E-state index in [4.69, 9.17) is 5.26 Å². The van der Waals surface area contributed by atoms with Gasteiger partial charge >= 0.3 is 0 Å². The SMILES string of the molecule is CC(C)(C#N)C(=O)Nc1ccc(Br)c2ccccc12. The number of benzene rings is 2.